The van der Waals surface area contributed by atoms with Crippen molar-refractivity contribution in [2.75, 3.05) is 19.7 Å². The van der Waals surface area contributed by atoms with Gasteiger partial charge in [0.05, 0.1) is 0 Å². The molecular weight excluding hydrogens is 266 g/mol. The largest absolute Gasteiger partial charge is 0.484 e. The summed E-state index contributed by atoms with van der Waals surface area (Å²) < 4.78 is 5.36. The molecule has 1 amide bonds. The summed E-state index contributed by atoms with van der Waals surface area (Å²) in [4.78, 5) is 11.7. The van der Waals surface area contributed by atoms with Gasteiger partial charge in [0.1, 0.15) is 5.75 Å². The number of hydrogen-bond acceptors (Lipinski definition) is 4. The molecule has 1 aliphatic heterocycles. The summed E-state index contributed by atoms with van der Waals surface area (Å²) in [6, 6.07) is 7.16. The van der Waals surface area contributed by atoms with Crippen molar-refractivity contribution in [3.63, 3.8) is 0 Å². The van der Waals surface area contributed by atoms with Gasteiger partial charge in [-0.1, -0.05) is 11.6 Å². The topological polar surface area (TPSA) is 67.6 Å². The number of hydrazine groups is 1. The number of benzene rings is 1. The Balaban J connectivity index is 1.71. The van der Waals surface area contributed by atoms with Crippen molar-refractivity contribution in [3.05, 3.63) is 29.3 Å². The maximum atomic E-state index is 11.7. The molecule has 1 saturated heterocycles. The Bertz CT molecular complexity index is 416. The fourth-order valence-electron chi connectivity index (χ4n) is 1.90. The van der Waals surface area contributed by atoms with Gasteiger partial charge in [-0.25, -0.2) is 5.01 Å². The SMILES string of the molecule is NC1CCN(NC(=O)COc2ccc(Cl)cc2)CC1. The number of nitrogens with zero attached hydrogens (tertiary/aromatic N) is 1. The lowest BCUT2D eigenvalue weighted by atomic mass is 10.1. The number of piperidine rings is 1. The minimum atomic E-state index is -0.162. The maximum absolute atomic E-state index is 11.7. The molecule has 19 heavy (non-hydrogen) atoms. The first-order valence-electron chi connectivity index (χ1n) is 6.32. The molecule has 5 nitrogen and oxygen atoms in total. The quantitative estimate of drug-likeness (QED) is 0.871. The number of halogens is 1. The van der Waals surface area contributed by atoms with Crippen LogP contribution < -0.4 is 15.9 Å². The normalized spacial score (nSPS) is 17.2. The number of ether oxygens (including phenoxy) is 1. The summed E-state index contributed by atoms with van der Waals surface area (Å²) >= 11 is 5.76. The lowest BCUT2D eigenvalue weighted by molar-refractivity contribution is -0.128. The van der Waals surface area contributed by atoms with E-state index in [0.29, 0.717) is 10.8 Å². The first-order chi connectivity index (χ1) is 9.13. The smallest absolute Gasteiger partial charge is 0.272 e. The van der Waals surface area contributed by atoms with Gasteiger partial charge < -0.3 is 10.5 Å². The van der Waals surface area contributed by atoms with Crippen molar-refractivity contribution in [1.82, 2.24) is 10.4 Å². The Morgan fingerprint density at radius 2 is 2.00 bits per heavy atom. The second-order valence-electron chi connectivity index (χ2n) is 4.60. The Morgan fingerprint density at radius 1 is 1.37 bits per heavy atom. The van der Waals surface area contributed by atoms with Gasteiger partial charge >= 0.3 is 0 Å². The first kappa shape index (κ1) is 14.1. The summed E-state index contributed by atoms with van der Waals surface area (Å²) in [5, 5.41) is 2.53. The third-order valence-electron chi connectivity index (χ3n) is 3.01. The van der Waals surface area contributed by atoms with Crippen LogP contribution in [-0.2, 0) is 4.79 Å². The molecule has 3 N–H and O–H groups in total. The van der Waals surface area contributed by atoms with E-state index in [1.54, 1.807) is 24.3 Å². The van der Waals surface area contributed by atoms with Gasteiger partial charge in [-0.2, -0.15) is 0 Å². The monoisotopic (exact) mass is 283 g/mol. The molecule has 0 bridgehead atoms. The number of rotatable bonds is 4. The predicted molar refractivity (Wildman–Crippen MR) is 73.9 cm³/mol. The molecule has 0 unspecified atom stereocenters. The number of hydrogen-bond donors (Lipinski definition) is 2. The highest BCUT2D eigenvalue weighted by atomic mass is 35.5. The third kappa shape index (κ3) is 4.70. The van der Waals surface area contributed by atoms with E-state index in [-0.39, 0.29) is 18.6 Å². The van der Waals surface area contributed by atoms with E-state index >= 15 is 0 Å². The van der Waals surface area contributed by atoms with Crippen LogP contribution in [0.15, 0.2) is 24.3 Å². The fourth-order valence-corrected chi connectivity index (χ4v) is 2.03. The minimum absolute atomic E-state index is 0.00974. The van der Waals surface area contributed by atoms with Gasteiger partial charge in [0.2, 0.25) is 0 Å². The Morgan fingerprint density at radius 3 is 2.63 bits per heavy atom. The van der Waals surface area contributed by atoms with Crippen molar-refractivity contribution in [2.45, 2.75) is 18.9 Å². The molecule has 1 aromatic rings. The molecule has 2 rings (SSSR count). The summed E-state index contributed by atoms with van der Waals surface area (Å²) in [6.07, 6.45) is 1.80. The Kier molecular flexibility index (Phi) is 5.01. The lowest BCUT2D eigenvalue weighted by Crippen LogP contribution is -2.50. The van der Waals surface area contributed by atoms with Gasteiger partial charge in [0.25, 0.3) is 5.91 Å². The molecule has 6 heteroatoms. The maximum Gasteiger partial charge on any atom is 0.272 e. The van der Waals surface area contributed by atoms with Crippen molar-refractivity contribution in [2.24, 2.45) is 5.73 Å². The Hall–Kier alpha value is -1.30. The standard InChI is InChI=1S/C13H18ClN3O2/c14-10-1-3-12(4-2-10)19-9-13(18)16-17-7-5-11(15)6-8-17/h1-4,11H,5-9,15H2,(H,16,18). The van der Waals surface area contributed by atoms with E-state index < -0.39 is 0 Å². The van der Waals surface area contributed by atoms with Crippen LogP contribution in [0.3, 0.4) is 0 Å². The van der Waals surface area contributed by atoms with Crippen molar-refractivity contribution in [1.29, 1.82) is 0 Å². The average molecular weight is 284 g/mol. The van der Waals surface area contributed by atoms with Crippen LogP contribution >= 0.6 is 11.6 Å². The predicted octanol–water partition coefficient (Wildman–Crippen LogP) is 1.17. The molecule has 104 valence electrons. The van der Waals surface area contributed by atoms with Crippen LogP contribution in [0, 0.1) is 0 Å². The molecular formula is C13H18ClN3O2. The third-order valence-corrected chi connectivity index (χ3v) is 3.26. The van der Waals surface area contributed by atoms with Gasteiger partial charge in [-0.15, -0.1) is 0 Å². The van der Waals surface area contributed by atoms with E-state index in [4.69, 9.17) is 22.1 Å². The van der Waals surface area contributed by atoms with Crippen LogP contribution in [0.1, 0.15) is 12.8 Å². The molecule has 1 aliphatic rings. The van der Waals surface area contributed by atoms with Crippen molar-refractivity contribution < 1.29 is 9.53 Å². The first-order valence-corrected chi connectivity index (χ1v) is 6.69. The van der Waals surface area contributed by atoms with Crippen LogP contribution in [-0.4, -0.2) is 36.7 Å². The molecule has 0 aromatic heterocycles. The summed E-state index contributed by atoms with van der Waals surface area (Å²) in [5.41, 5.74) is 8.61. The van der Waals surface area contributed by atoms with Crippen molar-refractivity contribution >= 4 is 17.5 Å². The van der Waals surface area contributed by atoms with Crippen LogP contribution in [0.25, 0.3) is 0 Å². The van der Waals surface area contributed by atoms with E-state index in [2.05, 4.69) is 5.43 Å². The number of carbonyl (C=O) groups excluding carboxylic acids is 1. The highest BCUT2D eigenvalue weighted by molar-refractivity contribution is 6.30. The molecule has 0 aliphatic carbocycles. The molecule has 1 aromatic carbocycles. The Labute approximate surface area is 117 Å². The highest BCUT2D eigenvalue weighted by Crippen LogP contribution is 2.15. The van der Waals surface area contributed by atoms with Gasteiger partial charge in [0, 0.05) is 24.2 Å². The van der Waals surface area contributed by atoms with Gasteiger partial charge in [-0.3, -0.25) is 10.2 Å². The number of carbonyl (C=O) groups is 1. The van der Waals surface area contributed by atoms with Gasteiger partial charge in [-0.05, 0) is 37.1 Å². The number of amides is 1. The van der Waals surface area contributed by atoms with E-state index in [9.17, 15) is 4.79 Å². The second-order valence-corrected chi connectivity index (χ2v) is 5.04. The summed E-state index contributed by atoms with van der Waals surface area (Å²) in [7, 11) is 0. The lowest BCUT2D eigenvalue weighted by Gasteiger charge is -2.30. The molecule has 0 radical (unpaired) electrons. The molecule has 0 spiro atoms. The summed E-state index contributed by atoms with van der Waals surface area (Å²) in [6.45, 7) is 1.56. The zero-order chi connectivity index (χ0) is 13.7. The van der Waals surface area contributed by atoms with E-state index in [1.807, 2.05) is 5.01 Å². The van der Waals surface area contributed by atoms with Gasteiger partial charge in [0.15, 0.2) is 6.61 Å². The number of nitrogens with one attached hydrogen (secondary N) is 1. The van der Waals surface area contributed by atoms with Crippen LogP contribution in [0.5, 0.6) is 5.75 Å². The van der Waals surface area contributed by atoms with Crippen LogP contribution in [0.4, 0.5) is 0 Å². The highest BCUT2D eigenvalue weighted by Gasteiger charge is 2.17. The van der Waals surface area contributed by atoms with E-state index in [1.165, 1.54) is 0 Å². The zero-order valence-corrected chi connectivity index (χ0v) is 11.4. The average Bonchev–Trinajstić information content (AvgIpc) is 2.41. The molecule has 1 fully saturated rings. The molecule has 0 saturated carbocycles. The molecule has 0 atom stereocenters. The fraction of sp³-hybridized carbons (Fsp3) is 0.462. The zero-order valence-electron chi connectivity index (χ0n) is 10.6. The van der Waals surface area contributed by atoms with Crippen molar-refractivity contribution in [3.8, 4) is 5.75 Å². The minimum Gasteiger partial charge on any atom is -0.484 e. The number of nitrogens with two attached hydrogens (primary N) is 1. The summed E-state index contributed by atoms with van der Waals surface area (Å²) in [5.74, 6) is 0.464. The van der Waals surface area contributed by atoms with E-state index in [0.717, 1.165) is 25.9 Å². The molecule has 1 heterocycles. The second kappa shape index (κ2) is 6.75. The van der Waals surface area contributed by atoms with Crippen LogP contribution in [0.2, 0.25) is 5.02 Å².